The van der Waals surface area contributed by atoms with Crippen LogP contribution in [0, 0.1) is 17.8 Å². The Balaban J connectivity index is 0.00000312. The smallest absolute Gasteiger partial charge is 0.239 e. The van der Waals surface area contributed by atoms with Gasteiger partial charge in [-0.25, -0.2) is 0 Å². The van der Waals surface area contributed by atoms with E-state index in [1.165, 1.54) is 6.42 Å². The predicted octanol–water partition coefficient (Wildman–Crippen LogP) is 1.04. The molecule has 2 aliphatic rings. The first-order valence-electron chi connectivity index (χ1n) is 9.32. The number of carbonyl (C=O) groups is 2. The second-order valence-electron chi connectivity index (χ2n) is 8.12. The summed E-state index contributed by atoms with van der Waals surface area (Å²) in [5, 5.41) is 0. The highest BCUT2D eigenvalue weighted by molar-refractivity contribution is 5.85. The van der Waals surface area contributed by atoms with Gasteiger partial charge >= 0.3 is 0 Å². The maximum atomic E-state index is 12.6. The first-order valence-corrected chi connectivity index (χ1v) is 9.32. The van der Waals surface area contributed by atoms with Crippen molar-refractivity contribution in [1.82, 2.24) is 14.7 Å². The summed E-state index contributed by atoms with van der Waals surface area (Å²) in [6.45, 7) is 13.4. The summed E-state index contributed by atoms with van der Waals surface area (Å²) in [5.41, 5.74) is 5.96. The number of hydrogen-bond acceptors (Lipinski definition) is 4. The summed E-state index contributed by atoms with van der Waals surface area (Å²) in [6, 6.07) is -0.422. The van der Waals surface area contributed by atoms with Crippen LogP contribution in [-0.2, 0) is 9.59 Å². The highest BCUT2D eigenvalue weighted by Gasteiger charge is 2.30. The lowest BCUT2D eigenvalue weighted by Crippen LogP contribution is -2.56. The molecule has 3 atom stereocenters. The molecule has 0 aromatic rings. The molecule has 0 radical (unpaired) electrons. The minimum atomic E-state index is -0.422. The monoisotopic (exact) mass is 374 g/mol. The lowest BCUT2D eigenvalue weighted by atomic mass is 9.92. The van der Waals surface area contributed by atoms with Gasteiger partial charge in [-0.1, -0.05) is 27.7 Å². The topological polar surface area (TPSA) is 69.9 Å². The maximum absolute atomic E-state index is 12.6. The number of halogens is 1. The second-order valence-corrected chi connectivity index (χ2v) is 8.12. The first kappa shape index (κ1) is 22.2. The standard InChI is InChI=1S/C18H34N4O2.ClH/c1-13(2)17(19)18(24)21-7-5-20(6-8-21)12-16(23)22-10-14(3)9-15(4)11-22;/h13-15,17H,5-12,19H2,1-4H3;1H/t14?,15?,17-;/m0./s1. The van der Waals surface area contributed by atoms with Crippen LogP contribution in [0.2, 0.25) is 0 Å². The van der Waals surface area contributed by atoms with Gasteiger partial charge in [0.25, 0.3) is 0 Å². The van der Waals surface area contributed by atoms with Crippen LogP contribution >= 0.6 is 12.4 Å². The number of piperidine rings is 1. The zero-order valence-corrected chi connectivity index (χ0v) is 16.9. The first-order chi connectivity index (χ1) is 11.3. The average Bonchev–Trinajstić information content (AvgIpc) is 2.53. The van der Waals surface area contributed by atoms with Crippen molar-refractivity contribution in [1.29, 1.82) is 0 Å². The molecule has 2 fully saturated rings. The minimum Gasteiger partial charge on any atom is -0.341 e. The lowest BCUT2D eigenvalue weighted by Gasteiger charge is -2.39. The number of hydrogen-bond donors (Lipinski definition) is 1. The third-order valence-electron chi connectivity index (χ3n) is 5.27. The summed E-state index contributed by atoms with van der Waals surface area (Å²) in [4.78, 5) is 30.9. The number of rotatable bonds is 4. The largest absolute Gasteiger partial charge is 0.341 e. The molecular formula is C18H35ClN4O2. The molecule has 0 aromatic heterocycles. The molecule has 0 saturated carbocycles. The summed E-state index contributed by atoms with van der Waals surface area (Å²) in [7, 11) is 0. The minimum absolute atomic E-state index is 0. The van der Waals surface area contributed by atoms with Gasteiger partial charge in [0.2, 0.25) is 11.8 Å². The van der Waals surface area contributed by atoms with E-state index in [1.807, 2.05) is 23.6 Å². The van der Waals surface area contributed by atoms with E-state index in [4.69, 9.17) is 5.73 Å². The van der Waals surface area contributed by atoms with Crippen LogP contribution in [0.3, 0.4) is 0 Å². The quantitative estimate of drug-likeness (QED) is 0.798. The van der Waals surface area contributed by atoms with Gasteiger partial charge in [-0.2, -0.15) is 0 Å². The van der Waals surface area contributed by atoms with Gasteiger partial charge in [0.05, 0.1) is 12.6 Å². The Bertz CT molecular complexity index is 442. The number of nitrogens with two attached hydrogens (primary N) is 1. The molecule has 2 amide bonds. The molecule has 0 spiro atoms. The SMILES string of the molecule is CC1CC(C)CN(C(=O)CN2CCN(C(=O)[C@@H](N)C(C)C)CC2)C1.Cl. The highest BCUT2D eigenvalue weighted by Crippen LogP contribution is 2.21. The highest BCUT2D eigenvalue weighted by atomic mass is 35.5. The number of nitrogens with zero attached hydrogens (tertiary/aromatic N) is 3. The fourth-order valence-electron chi connectivity index (χ4n) is 3.78. The third kappa shape index (κ3) is 6.12. The van der Waals surface area contributed by atoms with E-state index in [1.54, 1.807) is 0 Å². The van der Waals surface area contributed by atoms with E-state index >= 15 is 0 Å². The van der Waals surface area contributed by atoms with E-state index in [-0.39, 0.29) is 30.1 Å². The van der Waals surface area contributed by atoms with Gasteiger partial charge in [-0.05, 0) is 24.2 Å². The molecule has 146 valence electrons. The van der Waals surface area contributed by atoms with Crippen LogP contribution in [0.25, 0.3) is 0 Å². The molecule has 7 heteroatoms. The second kappa shape index (κ2) is 9.74. The van der Waals surface area contributed by atoms with Crippen LogP contribution < -0.4 is 5.73 Å². The zero-order valence-electron chi connectivity index (χ0n) is 16.1. The summed E-state index contributed by atoms with van der Waals surface area (Å²) < 4.78 is 0. The Labute approximate surface area is 158 Å². The molecule has 2 unspecified atom stereocenters. The summed E-state index contributed by atoms with van der Waals surface area (Å²) in [6.07, 6.45) is 1.21. The fraction of sp³-hybridized carbons (Fsp3) is 0.889. The fourth-order valence-corrected chi connectivity index (χ4v) is 3.78. The summed E-state index contributed by atoms with van der Waals surface area (Å²) in [5.74, 6) is 1.59. The van der Waals surface area contributed by atoms with E-state index in [0.29, 0.717) is 31.5 Å². The molecule has 0 aromatic carbocycles. The Morgan fingerprint density at radius 2 is 1.52 bits per heavy atom. The van der Waals surface area contributed by atoms with Crippen molar-refractivity contribution in [3.63, 3.8) is 0 Å². The van der Waals surface area contributed by atoms with Crippen LogP contribution in [0.15, 0.2) is 0 Å². The van der Waals surface area contributed by atoms with Crippen LogP contribution in [0.5, 0.6) is 0 Å². The van der Waals surface area contributed by atoms with E-state index < -0.39 is 6.04 Å². The molecule has 2 saturated heterocycles. The van der Waals surface area contributed by atoms with E-state index in [0.717, 1.165) is 26.2 Å². The number of likely N-dealkylation sites (tertiary alicyclic amines) is 1. The zero-order chi connectivity index (χ0) is 17.9. The van der Waals surface area contributed by atoms with Crippen LogP contribution in [-0.4, -0.2) is 78.4 Å². The van der Waals surface area contributed by atoms with Gasteiger partial charge in [-0.15, -0.1) is 12.4 Å². The van der Waals surface area contributed by atoms with Crippen molar-refractivity contribution in [2.24, 2.45) is 23.5 Å². The summed E-state index contributed by atoms with van der Waals surface area (Å²) >= 11 is 0. The Kier molecular flexibility index (Phi) is 8.64. The van der Waals surface area contributed by atoms with Crippen molar-refractivity contribution in [3.8, 4) is 0 Å². The molecular weight excluding hydrogens is 340 g/mol. The Morgan fingerprint density at radius 1 is 1.00 bits per heavy atom. The normalized spacial score (nSPS) is 26.3. The molecule has 2 heterocycles. The number of piperazine rings is 1. The van der Waals surface area contributed by atoms with Crippen molar-refractivity contribution < 1.29 is 9.59 Å². The number of carbonyl (C=O) groups excluding carboxylic acids is 2. The van der Waals surface area contributed by atoms with Gasteiger partial charge in [0.15, 0.2) is 0 Å². The Hall–Kier alpha value is -0.850. The van der Waals surface area contributed by atoms with Crippen molar-refractivity contribution in [2.45, 2.75) is 40.2 Å². The maximum Gasteiger partial charge on any atom is 0.239 e. The molecule has 25 heavy (non-hydrogen) atoms. The molecule has 2 rings (SSSR count). The van der Waals surface area contributed by atoms with E-state index in [9.17, 15) is 9.59 Å². The van der Waals surface area contributed by atoms with Crippen LogP contribution in [0.1, 0.15) is 34.1 Å². The molecule has 0 aliphatic carbocycles. The van der Waals surface area contributed by atoms with Gasteiger partial charge in [0.1, 0.15) is 0 Å². The third-order valence-corrected chi connectivity index (χ3v) is 5.27. The average molecular weight is 375 g/mol. The molecule has 0 bridgehead atoms. The van der Waals surface area contributed by atoms with Crippen molar-refractivity contribution in [3.05, 3.63) is 0 Å². The lowest BCUT2D eigenvalue weighted by molar-refractivity contribution is -0.137. The predicted molar refractivity (Wildman–Crippen MR) is 103 cm³/mol. The van der Waals surface area contributed by atoms with E-state index in [2.05, 4.69) is 18.7 Å². The van der Waals surface area contributed by atoms with Crippen molar-refractivity contribution in [2.75, 3.05) is 45.8 Å². The van der Waals surface area contributed by atoms with Gasteiger partial charge in [-0.3, -0.25) is 14.5 Å². The van der Waals surface area contributed by atoms with Gasteiger partial charge < -0.3 is 15.5 Å². The van der Waals surface area contributed by atoms with Gasteiger partial charge in [0, 0.05) is 39.3 Å². The molecule has 2 N–H and O–H groups in total. The Morgan fingerprint density at radius 3 is 2.00 bits per heavy atom. The molecule has 6 nitrogen and oxygen atoms in total. The van der Waals surface area contributed by atoms with Crippen molar-refractivity contribution >= 4 is 24.2 Å². The molecule has 2 aliphatic heterocycles. The van der Waals surface area contributed by atoms with Crippen LogP contribution in [0.4, 0.5) is 0 Å². The number of amides is 2.